The van der Waals surface area contributed by atoms with Gasteiger partial charge in [-0.25, -0.2) is 8.42 Å². The highest BCUT2D eigenvalue weighted by atomic mass is 35.5. The number of sulfonamides is 1. The molecule has 5 nitrogen and oxygen atoms in total. The number of nitrogens with one attached hydrogen (secondary N) is 2. The van der Waals surface area contributed by atoms with Gasteiger partial charge in [-0.15, -0.1) is 0 Å². The van der Waals surface area contributed by atoms with E-state index in [4.69, 9.17) is 23.2 Å². The maximum Gasteiger partial charge on any atom is 0.261 e. The van der Waals surface area contributed by atoms with Crippen LogP contribution in [0.25, 0.3) is 0 Å². The smallest absolute Gasteiger partial charge is 0.261 e. The molecule has 0 aliphatic rings. The summed E-state index contributed by atoms with van der Waals surface area (Å²) in [6.07, 6.45) is 0. The molecular formula is C20H16Cl2N2O3S. The van der Waals surface area contributed by atoms with E-state index in [-0.39, 0.29) is 10.8 Å². The Hall–Kier alpha value is -2.54. The van der Waals surface area contributed by atoms with Crippen LogP contribution in [0.4, 0.5) is 11.4 Å². The summed E-state index contributed by atoms with van der Waals surface area (Å²) in [7, 11) is -3.79. The third-order valence-electron chi connectivity index (χ3n) is 3.97. The number of amides is 1. The Labute approximate surface area is 173 Å². The Kier molecular flexibility index (Phi) is 5.93. The van der Waals surface area contributed by atoms with Gasteiger partial charge in [-0.1, -0.05) is 29.3 Å². The summed E-state index contributed by atoms with van der Waals surface area (Å²) < 4.78 is 27.7. The maximum atomic E-state index is 12.6. The van der Waals surface area contributed by atoms with Gasteiger partial charge < -0.3 is 5.32 Å². The normalized spacial score (nSPS) is 11.1. The quantitative estimate of drug-likeness (QED) is 0.567. The number of hydrogen-bond donors (Lipinski definition) is 2. The van der Waals surface area contributed by atoms with Gasteiger partial charge in [0.2, 0.25) is 0 Å². The molecule has 28 heavy (non-hydrogen) atoms. The predicted octanol–water partition coefficient (Wildman–Crippen LogP) is 5.35. The molecule has 0 saturated heterocycles. The van der Waals surface area contributed by atoms with Crippen molar-refractivity contribution in [2.45, 2.75) is 11.8 Å². The lowest BCUT2D eigenvalue weighted by atomic mass is 10.2. The first-order valence-electron chi connectivity index (χ1n) is 8.20. The van der Waals surface area contributed by atoms with Crippen LogP contribution in [0.1, 0.15) is 15.9 Å². The molecule has 8 heteroatoms. The van der Waals surface area contributed by atoms with Crippen molar-refractivity contribution >= 4 is 50.5 Å². The summed E-state index contributed by atoms with van der Waals surface area (Å²) in [6, 6.07) is 17.3. The van der Waals surface area contributed by atoms with Gasteiger partial charge in [-0.3, -0.25) is 9.52 Å². The third-order valence-corrected chi connectivity index (χ3v) is 5.84. The molecule has 144 valence electrons. The molecule has 3 aromatic rings. The van der Waals surface area contributed by atoms with Crippen LogP contribution in [0.5, 0.6) is 0 Å². The van der Waals surface area contributed by atoms with Gasteiger partial charge in [0.1, 0.15) is 0 Å². The van der Waals surface area contributed by atoms with Gasteiger partial charge in [0.15, 0.2) is 0 Å². The van der Waals surface area contributed by atoms with Crippen LogP contribution in [-0.2, 0) is 10.0 Å². The maximum absolute atomic E-state index is 12.6. The van der Waals surface area contributed by atoms with E-state index in [1.54, 1.807) is 49.4 Å². The Morgan fingerprint density at radius 2 is 1.46 bits per heavy atom. The molecule has 0 aromatic heterocycles. The first-order valence-corrected chi connectivity index (χ1v) is 10.4. The molecule has 0 unspecified atom stereocenters. The molecule has 3 rings (SSSR count). The van der Waals surface area contributed by atoms with Crippen molar-refractivity contribution in [3.05, 3.63) is 87.9 Å². The lowest BCUT2D eigenvalue weighted by molar-refractivity contribution is 0.102. The Balaban J connectivity index is 1.75. The molecule has 0 aliphatic carbocycles. The topological polar surface area (TPSA) is 75.3 Å². The molecular weight excluding hydrogens is 419 g/mol. The number of carbonyl (C=O) groups excluding carboxylic acids is 1. The van der Waals surface area contributed by atoms with Gasteiger partial charge in [0.05, 0.1) is 10.6 Å². The summed E-state index contributed by atoms with van der Waals surface area (Å²) in [5.41, 5.74) is 2.07. The van der Waals surface area contributed by atoms with E-state index in [1.807, 2.05) is 0 Å². The molecule has 1 amide bonds. The first-order chi connectivity index (χ1) is 13.2. The number of hydrogen-bond acceptors (Lipinski definition) is 3. The van der Waals surface area contributed by atoms with E-state index in [0.29, 0.717) is 27.0 Å². The highest BCUT2D eigenvalue weighted by molar-refractivity contribution is 7.92. The van der Waals surface area contributed by atoms with Crippen molar-refractivity contribution in [1.29, 1.82) is 0 Å². The Morgan fingerprint density at radius 3 is 2.11 bits per heavy atom. The van der Waals surface area contributed by atoms with Gasteiger partial charge in [0, 0.05) is 21.3 Å². The van der Waals surface area contributed by atoms with E-state index >= 15 is 0 Å². The van der Waals surface area contributed by atoms with Crippen molar-refractivity contribution in [3.8, 4) is 0 Å². The van der Waals surface area contributed by atoms with E-state index < -0.39 is 10.0 Å². The molecule has 0 spiro atoms. The average molecular weight is 435 g/mol. The van der Waals surface area contributed by atoms with Gasteiger partial charge in [-0.2, -0.15) is 0 Å². The molecule has 0 bridgehead atoms. The molecule has 0 aliphatic heterocycles. The van der Waals surface area contributed by atoms with Crippen LogP contribution >= 0.6 is 23.2 Å². The molecule has 0 radical (unpaired) electrons. The minimum absolute atomic E-state index is 0.0661. The predicted molar refractivity (Wildman–Crippen MR) is 113 cm³/mol. The number of anilines is 2. The van der Waals surface area contributed by atoms with Crippen LogP contribution in [0, 0.1) is 6.92 Å². The van der Waals surface area contributed by atoms with Crippen molar-refractivity contribution in [2.24, 2.45) is 0 Å². The van der Waals surface area contributed by atoms with E-state index in [0.717, 1.165) is 5.56 Å². The molecule has 3 aromatic carbocycles. The highest BCUT2D eigenvalue weighted by Crippen LogP contribution is 2.24. The van der Waals surface area contributed by atoms with Crippen LogP contribution in [-0.4, -0.2) is 14.3 Å². The van der Waals surface area contributed by atoms with Gasteiger partial charge in [-0.05, 0) is 73.2 Å². The van der Waals surface area contributed by atoms with Crippen LogP contribution in [0.3, 0.4) is 0 Å². The number of carbonyl (C=O) groups is 1. The average Bonchev–Trinajstić information content (AvgIpc) is 2.65. The standard InChI is InChI=1S/C20H16Cl2N2O3S/c1-13-2-5-16(22)12-19(13)24-28(26,27)18-10-8-17(9-11-18)23-20(25)14-3-6-15(21)7-4-14/h2-12,24H,1H3,(H,23,25). The monoisotopic (exact) mass is 434 g/mol. The fourth-order valence-electron chi connectivity index (χ4n) is 2.43. The van der Waals surface area contributed by atoms with E-state index in [2.05, 4.69) is 10.0 Å². The zero-order chi connectivity index (χ0) is 20.3. The third kappa shape index (κ3) is 4.84. The van der Waals surface area contributed by atoms with E-state index in [1.165, 1.54) is 24.3 Å². The van der Waals surface area contributed by atoms with Crippen molar-refractivity contribution < 1.29 is 13.2 Å². The van der Waals surface area contributed by atoms with Crippen molar-refractivity contribution in [3.63, 3.8) is 0 Å². The van der Waals surface area contributed by atoms with E-state index in [9.17, 15) is 13.2 Å². The zero-order valence-corrected chi connectivity index (χ0v) is 17.1. The lowest BCUT2D eigenvalue weighted by Crippen LogP contribution is -2.14. The fourth-order valence-corrected chi connectivity index (χ4v) is 3.85. The summed E-state index contributed by atoms with van der Waals surface area (Å²) in [5, 5.41) is 3.68. The highest BCUT2D eigenvalue weighted by Gasteiger charge is 2.16. The zero-order valence-electron chi connectivity index (χ0n) is 14.7. The SMILES string of the molecule is Cc1ccc(Cl)cc1NS(=O)(=O)c1ccc(NC(=O)c2ccc(Cl)cc2)cc1. The Morgan fingerprint density at radius 1 is 0.857 bits per heavy atom. The summed E-state index contributed by atoms with van der Waals surface area (Å²) in [5.74, 6) is -0.319. The minimum atomic E-state index is -3.79. The summed E-state index contributed by atoms with van der Waals surface area (Å²) in [4.78, 5) is 12.3. The molecule has 0 saturated carbocycles. The fraction of sp³-hybridized carbons (Fsp3) is 0.0500. The Bertz CT molecular complexity index is 1110. The second-order valence-corrected chi connectivity index (χ2v) is 8.61. The van der Waals surface area contributed by atoms with Crippen LogP contribution < -0.4 is 10.0 Å². The van der Waals surface area contributed by atoms with Gasteiger partial charge >= 0.3 is 0 Å². The first kappa shape index (κ1) is 20.2. The minimum Gasteiger partial charge on any atom is -0.322 e. The molecule has 0 atom stereocenters. The van der Waals surface area contributed by atoms with Crippen LogP contribution in [0.2, 0.25) is 10.0 Å². The van der Waals surface area contributed by atoms with Gasteiger partial charge in [0.25, 0.3) is 15.9 Å². The second kappa shape index (κ2) is 8.22. The summed E-state index contributed by atoms with van der Waals surface area (Å²) >= 11 is 11.7. The van der Waals surface area contributed by atoms with Crippen molar-refractivity contribution in [2.75, 3.05) is 10.0 Å². The number of rotatable bonds is 5. The number of aryl methyl sites for hydroxylation is 1. The van der Waals surface area contributed by atoms with Crippen LogP contribution in [0.15, 0.2) is 71.6 Å². The van der Waals surface area contributed by atoms with Crippen molar-refractivity contribution in [1.82, 2.24) is 0 Å². The number of benzene rings is 3. The largest absolute Gasteiger partial charge is 0.322 e. The lowest BCUT2D eigenvalue weighted by Gasteiger charge is -2.12. The summed E-state index contributed by atoms with van der Waals surface area (Å²) in [6.45, 7) is 1.78. The molecule has 0 heterocycles. The number of halogens is 2. The molecule has 0 fully saturated rings. The molecule has 2 N–H and O–H groups in total. The second-order valence-electron chi connectivity index (χ2n) is 6.05.